The molecule has 7 heteroatoms. The number of ether oxygens (including phenoxy) is 2. The maximum absolute atomic E-state index is 12.3. The van der Waals surface area contributed by atoms with Gasteiger partial charge in [-0.1, -0.05) is 18.2 Å². The van der Waals surface area contributed by atoms with Crippen molar-refractivity contribution in [2.24, 2.45) is 0 Å². The molecule has 0 aliphatic carbocycles. The van der Waals surface area contributed by atoms with Crippen LogP contribution in [0.15, 0.2) is 53.3 Å². The van der Waals surface area contributed by atoms with Crippen molar-refractivity contribution in [3.8, 4) is 11.5 Å². The highest BCUT2D eigenvalue weighted by Gasteiger charge is 2.13. The molecule has 1 amide bonds. The quantitative estimate of drug-likeness (QED) is 0.667. The normalized spacial score (nSPS) is 10.4. The Kier molecular flexibility index (Phi) is 4.94. The summed E-state index contributed by atoms with van der Waals surface area (Å²) in [7, 11) is 1.60. The first-order valence-corrected chi connectivity index (χ1v) is 7.71. The van der Waals surface area contributed by atoms with Crippen LogP contribution in [0.5, 0.6) is 11.5 Å². The van der Waals surface area contributed by atoms with E-state index in [1.54, 1.807) is 55.6 Å². The van der Waals surface area contributed by atoms with Crippen molar-refractivity contribution in [1.82, 2.24) is 15.5 Å². The van der Waals surface area contributed by atoms with Crippen LogP contribution in [0.3, 0.4) is 0 Å². The van der Waals surface area contributed by atoms with E-state index >= 15 is 0 Å². The zero-order valence-electron chi connectivity index (χ0n) is 13.6. The van der Waals surface area contributed by atoms with Crippen LogP contribution >= 0.6 is 0 Å². The number of rotatable bonds is 6. The summed E-state index contributed by atoms with van der Waals surface area (Å²) >= 11 is 0. The molecule has 7 nitrogen and oxygen atoms in total. The van der Waals surface area contributed by atoms with Gasteiger partial charge in [0.15, 0.2) is 5.69 Å². The number of hydrogen-bond donors (Lipinski definition) is 2. The highest BCUT2D eigenvalue weighted by Crippen LogP contribution is 2.16. The standard InChI is InChI=1S/C18H17N3O4/c1-24-12-6-8-13(9-7-12)25-11-10-19-18(23)16-14-4-2-3-5-15(14)17(22)21-20-16/h2-9H,10-11H2,1H3,(H,19,23)(H,21,22). The summed E-state index contributed by atoms with van der Waals surface area (Å²) in [6, 6.07) is 14.0. The molecule has 0 saturated heterocycles. The van der Waals surface area contributed by atoms with Crippen LogP contribution in [0, 0.1) is 0 Å². The van der Waals surface area contributed by atoms with Gasteiger partial charge in [-0.25, -0.2) is 5.10 Å². The molecule has 0 aliphatic heterocycles. The Bertz CT molecular complexity index is 935. The minimum Gasteiger partial charge on any atom is -0.497 e. The van der Waals surface area contributed by atoms with Crippen molar-refractivity contribution in [3.05, 3.63) is 64.6 Å². The first-order valence-electron chi connectivity index (χ1n) is 7.71. The van der Waals surface area contributed by atoms with E-state index in [0.717, 1.165) is 5.75 Å². The maximum atomic E-state index is 12.3. The second kappa shape index (κ2) is 7.48. The third-order valence-corrected chi connectivity index (χ3v) is 3.63. The third-order valence-electron chi connectivity index (χ3n) is 3.63. The van der Waals surface area contributed by atoms with Crippen molar-refractivity contribution in [2.75, 3.05) is 20.3 Å². The lowest BCUT2D eigenvalue weighted by Crippen LogP contribution is -2.30. The molecule has 3 rings (SSSR count). The minimum absolute atomic E-state index is 0.180. The number of nitrogens with one attached hydrogen (secondary N) is 2. The lowest BCUT2D eigenvalue weighted by atomic mass is 10.1. The molecule has 0 atom stereocenters. The molecule has 1 heterocycles. The van der Waals surface area contributed by atoms with Crippen LogP contribution in [0.1, 0.15) is 10.5 Å². The number of carbonyl (C=O) groups is 1. The van der Waals surface area contributed by atoms with Gasteiger partial charge >= 0.3 is 0 Å². The number of H-pyrrole nitrogens is 1. The number of aromatic nitrogens is 2. The van der Waals surface area contributed by atoms with E-state index in [2.05, 4.69) is 15.5 Å². The first kappa shape index (κ1) is 16.5. The second-order valence-electron chi connectivity index (χ2n) is 5.23. The molecular weight excluding hydrogens is 322 g/mol. The van der Waals surface area contributed by atoms with Gasteiger partial charge in [-0.15, -0.1) is 0 Å². The molecule has 1 aromatic heterocycles. The maximum Gasteiger partial charge on any atom is 0.272 e. The summed E-state index contributed by atoms with van der Waals surface area (Å²) in [5, 5.41) is 9.87. The van der Waals surface area contributed by atoms with Crippen LogP contribution in [0.2, 0.25) is 0 Å². The summed E-state index contributed by atoms with van der Waals surface area (Å²) in [4.78, 5) is 24.0. The lowest BCUT2D eigenvalue weighted by Gasteiger charge is -2.09. The molecule has 2 N–H and O–H groups in total. The fourth-order valence-electron chi connectivity index (χ4n) is 2.38. The van der Waals surface area contributed by atoms with E-state index in [4.69, 9.17) is 9.47 Å². The summed E-state index contributed by atoms with van der Waals surface area (Å²) < 4.78 is 10.6. The van der Waals surface area contributed by atoms with Crippen LogP contribution in [0.4, 0.5) is 0 Å². The van der Waals surface area contributed by atoms with E-state index in [1.807, 2.05) is 0 Å². The number of hydrogen-bond acceptors (Lipinski definition) is 5. The highest BCUT2D eigenvalue weighted by molar-refractivity contribution is 6.04. The number of fused-ring (bicyclic) bond motifs is 1. The smallest absolute Gasteiger partial charge is 0.272 e. The predicted molar refractivity (Wildman–Crippen MR) is 93.2 cm³/mol. The van der Waals surface area contributed by atoms with Gasteiger partial charge in [-0.2, -0.15) is 5.10 Å². The molecular formula is C18H17N3O4. The number of benzene rings is 2. The van der Waals surface area contributed by atoms with Gasteiger partial charge in [0.1, 0.15) is 18.1 Å². The van der Waals surface area contributed by atoms with Crippen LogP contribution in [-0.4, -0.2) is 36.4 Å². The Labute approximate surface area is 143 Å². The molecule has 0 spiro atoms. The van der Waals surface area contributed by atoms with Crippen molar-refractivity contribution < 1.29 is 14.3 Å². The molecule has 0 unspecified atom stereocenters. The first-order chi connectivity index (χ1) is 12.2. The fraction of sp³-hybridized carbons (Fsp3) is 0.167. The van der Waals surface area contributed by atoms with E-state index in [9.17, 15) is 9.59 Å². The summed E-state index contributed by atoms with van der Waals surface area (Å²) in [6.07, 6.45) is 0. The van der Waals surface area contributed by atoms with E-state index in [0.29, 0.717) is 29.7 Å². The monoisotopic (exact) mass is 339 g/mol. The molecule has 0 radical (unpaired) electrons. The summed E-state index contributed by atoms with van der Waals surface area (Å²) in [6.45, 7) is 0.610. The Hall–Kier alpha value is -3.35. The molecule has 3 aromatic rings. The zero-order chi connectivity index (χ0) is 17.6. The number of nitrogens with zero attached hydrogens (tertiary/aromatic N) is 1. The van der Waals surface area contributed by atoms with Crippen molar-refractivity contribution in [1.29, 1.82) is 0 Å². The Morgan fingerprint density at radius 3 is 2.48 bits per heavy atom. The van der Waals surface area contributed by atoms with Crippen LogP contribution in [-0.2, 0) is 0 Å². The molecule has 128 valence electrons. The average Bonchev–Trinajstić information content (AvgIpc) is 2.66. The number of carbonyl (C=O) groups excluding carboxylic acids is 1. The number of methoxy groups -OCH3 is 1. The SMILES string of the molecule is COc1ccc(OCCNC(=O)c2n[nH]c(=O)c3ccccc23)cc1. The molecule has 25 heavy (non-hydrogen) atoms. The van der Waals surface area contributed by atoms with Gasteiger partial charge in [0.05, 0.1) is 19.0 Å². The summed E-state index contributed by atoms with van der Waals surface area (Å²) in [5.41, 5.74) is -0.144. The predicted octanol–water partition coefficient (Wildman–Crippen LogP) is 1.74. The fourth-order valence-corrected chi connectivity index (χ4v) is 2.38. The van der Waals surface area contributed by atoms with E-state index in [1.165, 1.54) is 0 Å². The Morgan fingerprint density at radius 2 is 1.76 bits per heavy atom. The molecule has 0 bridgehead atoms. The van der Waals surface area contributed by atoms with Crippen molar-refractivity contribution in [2.45, 2.75) is 0 Å². The molecule has 0 saturated carbocycles. The van der Waals surface area contributed by atoms with E-state index < -0.39 is 0 Å². The molecule has 2 aromatic carbocycles. The zero-order valence-corrected chi connectivity index (χ0v) is 13.6. The number of aromatic amines is 1. The van der Waals surface area contributed by atoms with Crippen LogP contribution < -0.4 is 20.3 Å². The van der Waals surface area contributed by atoms with E-state index in [-0.39, 0.29) is 17.2 Å². The van der Waals surface area contributed by atoms with Crippen molar-refractivity contribution in [3.63, 3.8) is 0 Å². The highest BCUT2D eigenvalue weighted by atomic mass is 16.5. The average molecular weight is 339 g/mol. The Morgan fingerprint density at radius 1 is 1.08 bits per heavy atom. The Balaban J connectivity index is 1.59. The van der Waals surface area contributed by atoms with Gasteiger partial charge in [-0.3, -0.25) is 9.59 Å². The van der Waals surface area contributed by atoms with Gasteiger partial charge in [0.25, 0.3) is 11.5 Å². The largest absolute Gasteiger partial charge is 0.497 e. The summed E-state index contributed by atoms with van der Waals surface area (Å²) in [5.74, 6) is 1.06. The number of amides is 1. The molecule has 0 aliphatic rings. The minimum atomic E-state index is -0.370. The van der Waals surface area contributed by atoms with Gasteiger partial charge in [-0.05, 0) is 30.3 Å². The molecule has 0 fully saturated rings. The van der Waals surface area contributed by atoms with Gasteiger partial charge < -0.3 is 14.8 Å². The topological polar surface area (TPSA) is 93.3 Å². The second-order valence-corrected chi connectivity index (χ2v) is 5.23. The third kappa shape index (κ3) is 3.77. The van der Waals surface area contributed by atoms with Crippen LogP contribution in [0.25, 0.3) is 10.8 Å². The lowest BCUT2D eigenvalue weighted by molar-refractivity contribution is 0.0943. The van der Waals surface area contributed by atoms with Crippen molar-refractivity contribution >= 4 is 16.7 Å². The van der Waals surface area contributed by atoms with Gasteiger partial charge in [0.2, 0.25) is 0 Å². The van der Waals surface area contributed by atoms with Gasteiger partial charge in [0, 0.05) is 5.39 Å².